The summed E-state index contributed by atoms with van der Waals surface area (Å²) in [7, 11) is 0. The Hall–Kier alpha value is -1.86. The number of nitrogens with one attached hydrogen (secondary N) is 1. The smallest absolute Gasteiger partial charge is 0.0359 e. The van der Waals surface area contributed by atoms with Crippen molar-refractivity contribution in [3.8, 4) is 0 Å². The molecule has 0 aromatic rings. The first-order valence-electron chi connectivity index (χ1n) is 12.0. The summed E-state index contributed by atoms with van der Waals surface area (Å²) >= 11 is 0. The summed E-state index contributed by atoms with van der Waals surface area (Å²) in [6.45, 7) is 9.63. The second-order valence-electron chi connectivity index (χ2n) is 10.7. The van der Waals surface area contributed by atoms with E-state index in [0.717, 1.165) is 12.3 Å². The van der Waals surface area contributed by atoms with Crippen LogP contribution in [0.3, 0.4) is 0 Å². The fraction of sp³-hybridized carbons (Fsp3) is 0.517. The molecule has 0 fully saturated rings. The van der Waals surface area contributed by atoms with E-state index in [-0.39, 0.29) is 0 Å². The molecule has 1 heteroatoms. The minimum absolute atomic E-state index is 0.310. The number of rotatable bonds is 3. The summed E-state index contributed by atoms with van der Waals surface area (Å²) in [6.07, 6.45) is 28.8. The molecule has 0 aromatic carbocycles. The van der Waals surface area contributed by atoms with Crippen molar-refractivity contribution >= 4 is 0 Å². The molecule has 5 aliphatic rings. The van der Waals surface area contributed by atoms with Gasteiger partial charge in [-0.15, -0.1) is 0 Å². The zero-order valence-electron chi connectivity index (χ0n) is 19.1. The maximum Gasteiger partial charge on any atom is 0.0359 e. The summed E-state index contributed by atoms with van der Waals surface area (Å²) in [5.41, 5.74) is 6.77. The van der Waals surface area contributed by atoms with Crippen molar-refractivity contribution in [3.63, 3.8) is 0 Å². The van der Waals surface area contributed by atoms with Gasteiger partial charge < -0.3 is 5.32 Å². The van der Waals surface area contributed by atoms with Gasteiger partial charge in [0.1, 0.15) is 0 Å². The molecule has 5 rings (SSSR count). The highest BCUT2D eigenvalue weighted by molar-refractivity contribution is 5.48. The molecule has 1 N–H and O–H groups in total. The maximum atomic E-state index is 3.94. The van der Waals surface area contributed by atoms with Crippen LogP contribution in [-0.4, -0.2) is 12.1 Å². The molecule has 30 heavy (non-hydrogen) atoms. The highest BCUT2D eigenvalue weighted by Gasteiger charge is 2.48. The number of fused-ring (bicyclic) bond motifs is 2. The molecule has 0 amide bonds. The minimum Gasteiger partial charge on any atom is -0.303 e. The summed E-state index contributed by atoms with van der Waals surface area (Å²) in [4.78, 5) is 0. The molecule has 0 spiro atoms. The van der Waals surface area contributed by atoms with Gasteiger partial charge in [-0.3, -0.25) is 0 Å². The van der Waals surface area contributed by atoms with Crippen molar-refractivity contribution in [1.82, 2.24) is 5.32 Å². The van der Waals surface area contributed by atoms with Crippen molar-refractivity contribution in [2.75, 3.05) is 0 Å². The van der Waals surface area contributed by atoms with Crippen LogP contribution in [-0.2, 0) is 0 Å². The van der Waals surface area contributed by atoms with Crippen molar-refractivity contribution < 1.29 is 0 Å². The van der Waals surface area contributed by atoms with Gasteiger partial charge in [0.05, 0.1) is 0 Å². The molecule has 0 bridgehead atoms. The Balaban J connectivity index is 1.44. The van der Waals surface area contributed by atoms with Crippen LogP contribution < -0.4 is 5.32 Å². The lowest BCUT2D eigenvalue weighted by Gasteiger charge is -2.37. The molecule has 6 atom stereocenters. The van der Waals surface area contributed by atoms with E-state index in [2.05, 4.69) is 93.8 Å². The quantitative estimate of drug-likeness (QED) is 0.512. The van der Waals surface area contributed by atoms with E-state index in [1.807, 2.05) is 0 Å². The Morgan fingerprint density at radius 1 is 1.07 bits per heavy atom. The zero-order valence-corrected chi connectivity index (χ0v) is 19.1. The molecule has 0 heterocycles. The van der Waals surface area contributed by atoms with Crippen LogP contribution in [0, 0.1) is 29.1 Å². The maximum absolute atomic E-state index is 3.94. The Kier molecular flexibility index (Phi) is 5.14. The lowest BCUT2D eigenvalue weighted by atomic mass is 9.69. The highest BCUT2D eigenvalue weighted by atomic mass is 15.0. The van der Waals surface area contributed by atoms with Crippen molar-refractivity contribution in [2.45, 2.75) is 65.5 Å². The topological polar surface area (TPSA) is 12.0 Å². The van der Waals surface area contributed by atoms with E-state index >= 15 is 0 Å². The van der Waals surface area contributed by atoms with Gasteiger partial charge in [0.25, 0.3) is 0 Å². The third-order valence-corrected chi connectivity index (χ3v) is 8.39. The van der Waals surface area contributed by atoms with E-state index < -0.39 is 0 Å². The second-order valence-corrected chi connectivity index (χ2v) is 10.7. The first kappa shape index (κ1) is 20.1. The summed E-state index contributed by atoms with van der Waals surface area (Å²) < 4.78 is 0. The number of allylic oxidation sites excluding steroid dienone is 9. The fourth-order valence-corrected chi connectivity index (χ4v) is 6.65. The van der Waals surface area contributed by atoms with Gasteiger partial charge in [-0.2, -0.15) is 0 Å². The predicted molar refractivity (Wildman–Crippen MR) is 128 cm³/mol. The first-order chi connectivity index (χ1) is 14.4. The van der Waals surface area contributed by atoms with Gasteiger partial charge >= 0.3 is 0 Å². The lowest BCUT2D eigenvalue weighted by Crippen LogP contribution is -2.42. The Morgan fingerprint density at radius 3 is 2.70 bits per heavy atom. The SMILES string of the molecule is CC1=CCC(NC2C=CC=CC2C2=CC3=C(CC2C)C(C)(C)C2C=CCCC32)C=C1. The molecule has 0 radical (unpaired) electrons. The standard InChI is InChI=1S/C29H37N/c1-19-13-15-21(16-14-19)30-28-12-8-6-10-23(28)24-18-25-22-9-5-7-11-26(22)29(3,4)27(25)17-20(24)2/h6-8,10-15,18,20-23,26,28,30H,5,9,16-17H2,1-4H3. The fourth-order valence-electron chi connectivity index (χ4n) is 6.65. The van der Waals surface area contributed by atoms with Gasteiger partial charge in [-0.05, 0) is 61.3 Å². The van der Waals surface area contributed by atoms with E-state index in [1.165, 1.54) is 24.8 Å². The van der Waals surface area contributed by atoms with E-state index in [1.54, 1.807) is 16.7 Å². The average molecular weight is 400 g/mol. The van der Waals surface area contributed by atoms with Crippen molar-refractivity contribution in [2.24, 2.45) is 29.1 Å². The van der Waals surface area contributed by atoms with Crippen LogP contribution in [0.1, 0.15) is 53.4 Å². The molecule has 1 nitrogen and oxygen atoms in total. The van der Waals surface area contributed by atoms with Gasteiger partial charge in [0.15, 0.2) is 0 Å². The van der Waals surface area contributed by atoms with Crippen molar-refractivity contribution in [3.05, 3.63) is 83.1 Å². The molecule has 0 aliphatic heterocycles. The van der Waals surface area contributed by atoms with E-state index in [0.29, 0.717) is 35.3 Å². The van der Waals surface area contributed by atoms with Crippen LogP contribution in [0.2, 0.25) is 0 Å². The third-order valence-electron chi connectivity index (χ3n) is 8.39. The second kappa shape index (κ2) is 7.68. The van der Waals surface area contributed by atoms with Crippen LogP contribution in [0.25, 0.3) is 0 Å². The molecule has 6 unspecified atom stereocenters. The van der Waals surface area contributed by atoms with E-state index in [9.17, 15) is 0 Å². The monoisotopic (exact) mass is 399 g/mol. The normalized spacial score (nSPS) is 38.9. The highest BCUT2D eigenvalue weighted by Crippen LogP contribution is 2.58. The Bertz CT molecular complexity index is 916. The summed E-state index contributed by atoms with van der Waals surface area (Å²) in [5, 5.41) is 3.94. The van der Waals surface area contributed by atoms with Crippen LogP contribution >= 0.6 is 0 Å². The van der Waals surface area contributed by atoms with E-state index in [4.69, 9.17) is 0 Å². The molecule has 0 aromatic heterocycles. The van der Waals surface area contributed by atoms with Crippen LogP contribution in [0.15, 0.2) is 83.1 Å². The van der Waals surface area contributed by atoms with Crippen molar-refractivity contribution in [1.29, 1.82) is 0 Å². The van der Waals surface area contributed by atoms with Gasteiger partial charge in [-0.25, -0.2) is 0 Å². The molecule has 5 aliphatic carbocycles. The Labute approximate surface area is 183 Å². The van der Waals surface area contributed by atoms with Gasteiger partial charge in [0.2, 0.25) is 0 Å². The minimum atomic E-state index is 0.310. The summed E-state index contributed by atoms with van der Waals surface area (Å²) in [5.74, 6) is 2.49. The molecule has 0 saturated heterocycles. The molecular weight excluding hydrogens is 362 g/mol. The van der Waals surface area contributed by atoms with Crippen LogP contribution in [0.4, 0.5) is 0 Å². The molecule has 0 saturated carbocycles. The zero-order chi connectivity index (χ0) is 20.9. The predicted octanol–water partition coefficient (Wildman–Crippen LogP) is 6.85. The Morgan fingerprint density at radius 2 is 1.90 bits per heavy atom. The van der Waals surface area contributed by atoms with Crippen LogP contribution in [0.5, 0.6) is 0 Å². The average Bonchev–Trinajstić information content (AvgIpc) is 2.97. The third kappa shape index (κ3) is 3.36. The largest absolute Gasteiger partial charge is 0.303 e. The van der Waals surface area contributed by atoms with Gasteiger partial charge in [0, 0.05) is 18.0 Å². The first-order valence-corrected chi connectivity index (χ1v) is 12.0. The number of hydrogen-bond acceptors (Lipinski definition) is 1. The lowest BCUT2D eigenvalue weighted by molar-refractivity contribution is 0.267. The molecule has 158 valence electrons. The number of hydrogen-bond donors (Lipinski definition) is 1. The summed E-state index contributed by atoms with van der Waals surface area (Å²) in [6, 6.07) is 0.814. The van der Waals surface area contributed by atoms with Gasteiger partial charge in [-0.1, -0.05) is 98.3 Å². The molecular formula is C29H37N.